The van der Waals surface area contributed by atoms with E-state index in [4.69, 9.17) is 16.1 Å². The Labute approximate surface area is 146 Å². The molecule has 0 saturated carbocycles. The predicted octanol–water partition coefficient (Wildman–Crippen LogP) is 2.56. The summed E-state index contributed by atoms with van der Waals surface area (Å²) >= 11 is 5.89. The predicted molar refractivity (Wildman–Crippen MR) is 88.4 cm³/mol. The van der Waals surface area contributed by atoms with Crippen LogP contribution in [0.3, 0.4) is 0 Å². The summed E-state index contributed by atoms with van der Waals surface area (Å²) in [6, 6.07) is 1.55. The maximum Gasteiger partial charge on any atom is 0.244 e. The number of piperidine rings is 1. The highest BCUT2D eigenvalue weighted by molar-refractivity contribution is 7.89. The fourth-order valence-electron chi connectivity index (χ4n) is 2.77. The van der Waals surface area contributed by atoms with Crippen molar-refractivity contribution in [3.05, 3.63) is 34.7 Å². The molecule has 3 heterocycles. The molecule has 7 nitrogen and oxygen atoms in total. The molecule has 0 bridgehead atoms. The van der Waals surface area contributed by atoms with Crippen molar-refractivity contribution in [1.29, 1.82) is 0 Å². The van der Waals surface area contributed by atoms with E-state index in [0.29, 0.717) is 41.9 Å². The monoisotopic (exact) mass is 370 g/mol. The largest absolute Gasteiger partial charge is 0.339 e. The topological polar surface area (TPSA) is 89.2 Å². The molecule has 1 unspecified atom stereocenters. The van der Waals surface area contributed by atoms with E-state index in [1.165, 1.54) is 10.5 Å². The summed E-state index contributed by atoms with van der Waals surface area (Å²) < 4.78 is 32.3. The highest BCUT2D eigenvalue weighted by Gasteiger charge is 2.33. The van der Waals surface area contributed by atoms with Crippen molar-refractivity contribution in [3.8, 4) is 0 Å². The fourth-order valence-corrected chi connectivity index (χ4v) is 4.43. The third kappa shape index (κ3) is 3.31. The Bertz CT molecular complexity index is 837. The van der Waals surface area contributed by atoms with Crippen LogP contribution in [0, 0.1) is 6.92 Å². The zero-order chi connectivity index (χ0) is 17.3. The minimum Gasteiger partial charge on any atom is -0.339 e. The SMILES string of the molecule is CCc1nc(C2CCCN(S(=O)(=O)c3cnc(Cl)c(C)c3)C2)no1. The van der Waals surface area contributed by atoms with Crippen LogP contribution in [0.2, 0.25) is 5.15 Å². The van der Waals surface area contributed by atoms with Gasteiger partial charge in [0.1, 0.15) is 10.0 Å². The minimum atomic E-state index is -3.61. The van der Waals surface area contributed by atoms with Crippen molar-refractivity contribution in [2.45, 2.75) is 43.9 Å². The first-order valence-electron chi connectivity index (χ1n) is 7.86. The molecule has 3 rings (SSSR count). The van der Waals surface area contributed by atoms with E-state index in [-0.39, 0.29) is 10.8 Å². The molecular formula is C15H19ClN4O3S. The molecule has 1 atom stereocenters. The standard InChI is InChI=1S/C15H19ClN4O3S/c1-3-13-18-15(19-23-13)11-5-4-6-20(9-11)24(21,22)12-7-10(2)14(16)17-8-12/h7-8,11H,3-6,9H2,1-2H3. The third-order valence-corrected chi connectivity index (χ3v) is 6.39. The van der Waals surface area contributed by atoms with E-state index in [9.17, 15) is 8.42 Å². The second-order valence-electron chi connectivity index (χ2n) is 5.88. The van der Waals surface area contributed by atoms with Gasteiger partial charge >= 0.3 is 0 Å². The molecule has 1 saturated heterocycles. The average molecular weight is 371 g/mol. The summed E-state index contributed by atoms with van der Waals surface area (Å²) in [5, 5.41) is 4.30. The Morgan fingerprint density at radius 2 is 2.25 bits per heavy atom. The molecule has 9 heteroatoms. The highest BCUT2D eigenvalue weighted by Crippen LogP contribution is 2.29. The van der Waals surface area contributed by atoms with Crippen molar-refractivity contribution < 1.29 is 12.9 Å². The van der Waals surface area contributed by atoms with Crippen molar-refractivity contribution >= 4 is 21.6 Å². The Morgan fingerprint density at radius 3 is 2.92 bits per heavy atom. The van der Waals surface area contributed by atoms with Crippen LogP contribution in [0.15, 0.2) is 21.7 Å². The van der Waals surface area contributed by atoms with Gasteiger partial charge in [0.15, 0.2) is 5.82 Å². The molecule has 2 aromatic heterocycles. The number of hydrogen-bond acceptors (Lipinski definition) is 6. The lowest BCUT2D eigenvalue weighted by Gasteiger charge is -2.30. The number of hydrogen-bond donors (Lipinski definition) is 0. The Hall–Kier alpha value is -1.51. The molecule has 1 aliphatic rings. The van der Waals surface area contributed by atoms with Gasteiger partial charge in [0.2, 0.25) is 15.9 Å². The molecule has 0 radical (unpaired) electrons. The van der Waals surface area contributed by atoms with Crippen LogP contribution < -0.4 is 0 Å². The van der Waals surface area contributed by atoms with Gasteiger partial charge in [-0.2, -0.15) is 9.29 Å². The van der Waals surface area contributed by atoms with Crippen LogP contribution in [0.1, 0.15) is 43.0 Å². The molecule has 0 aromatic carbocycles. The van der Waals surface area contributed by atoms with E-state index in [0.717, 1.165) is 12.8 Å². The van der Waals surface area contributed by atoms with Crippen LogP contribution in [-0.4, -0.2) is 40.9 Å². The summed E-state index contributed by atoms with van der Waals surface area (Å²) in [7, 11) is -3.61. The second kappa shape index (κ2) is 6.78. The lowest BCUT2D eigenvalue weighted by Crippen LogP contribution is -2.39. The van der Waals surface area contributed by atoms with Gasteiger partial charge in [-0.05, 0) is 31.4 Å². The Kier molecular flexibility index (Phi) is 4.89. The lowest BCUT2D eigenvalue weighted by atomic mass is 9.99. The van der Waals surface area contributed by atoms with E-state index in [1.54, 1.807) is 13.0 Å². The van der Waals surface area contributed by atoms with Crippen molar-refractivity contribution in [2.24, 2.45) is 0 Å². The maximum atomic E-state index is 12.9. The van der Waals surface area contributed by atoms with Gasteiger partial charge in [0, 0.05) is 31.6 Å². The van der Waals surface area contributed by atoms with Gasteiger partial charge in [0.05, 0.1) is 0 Å². The van der Waals surface area contributed by atoms with Crippen LogP contribution in [0.5, 0.6) is 0 Å². The van der Waals surface area contributed by atoms with Crippen molar-refractivity contribution in [1.82, 2.24) is 19.4 Å². The van der Waals surface area contributed by atoms with E-state index in [1.807, 2.05) is 6.92 Å². The summed E-state index contributed by atoms with van der Waals surface area (Å²) in [4.78, 5) is 8.45. The fraction of sp³-hybridized carbons (Fsp3) is 0.533. The molecule has 24 heavy (non-hydrogen) atoms. The van der Waals surface area contributed by atoms with Crippen molar-refractivity contribution in [2.75, 3.05) is 13.1 Å². The average Bonchev–Trinajstić information content (AvgIpc) is 3.06. The summed E-state index contributed by atoms with van der Waals surface area (Å²) in [5.74, 6) is 1.10. The van der Waals surface area contributed by atoms with Gasteiger partial charge in [-0.15, -0.1) is 0 Å². The van der Waals surface area contributed by atoms with Crippen molar-refractivity contribution in [3.63, 3.8) is 0 Å². The van der Waals surface area contributed by atoms with E-state index >= 15 is 0 Å². The zero-order valence-corrected chi connectivity index (χ0v) is 15.1. The summed E-state index contributed by atoms with van der Waals surface area (Å²) in [6.45, 7) is 4.48. The Balaban J connectivity index is 1.83. The summed E-state index contributed by atoms with van der Waals surface area (Å²) in [5.41, 5.74) is 0.636. The number of rotatable bonds is 4. The smallest absolute Gasteiger partial charge is 0.244 e. The molecule has 130 valence electrons. The van der Waals surface area contributed by atoms with Gasteiger partial charge < -0.3 is 4.52 Å². The number of halogens is 1. The molecule has 1 aliphatic heterocycles. The number of aryl methyl sites for hydroxylation is 2. The van der Waals surface area contributed by atoms with Crippen LogP contribution >= 0.6 is 11.6 Å². The molecule has 1 fully saturated rings. The molecule has 0 spiro atoms. The van der Waals surface area contributed by atoms with Gasteiger partial charge in [-0.1, -0.05) is 23.7 Å². The van der Waals surface area contributed by atoms with E-state index in [2.05, 4.69) is 15.1 Å². The lowest BCUT2D eigenvalue weighted by molar-refractivity contribution is 0.300. The molecule has 0 N–H and O–H groups in total. The second-order valence-corrected chi connectivity index (χ2v) is 8.18. The van der Waals surface area contributed by atoms with Crippen LogP contribution in [0.25, 0.3) is 0 Å². The number of pyridine rings is 1. The first-order valence-corrected chi connectivity index (χ1v) is 9.68. The maximum absolute atomic E-state index is 12.9. The highest BCUT2D eigenvalue weighted by atomic mass is 35.5. The quantitative estimate of drug-likeness (QED) is 0.768. The summed E-state index contributed by atoms with van der Waals surface area (Å²) in [6.07, 6.45) is 3.56. The normalized spacial score (nSPS) is 19.5. The molecule has 0 amide bonds. The number of nitrogens with zero attached hydrogens (tertiary/aromatic N) is 4. The van der Waals surface area contributed by atoms with Crippen LogP contribution in [-0.2, 0) is 16.4 Å². The number of aromatic nitrogens is 3. The Morgan fingerprint density at radius 1 is 1.46 bits per heavy atom. The first-order chi connectivity index (χ1) is 11.4. The van der Waals surface area contributed by atoms with E-state index < -0.39 is 10.0 Å². The van der Waals surface area contributed by atoms with Crippen LogP contribution in [0.4, 0.5) is 0 Å². The first kappa shape index (κ1) is 17.3. The van der Waals surface area contributed by atoms with Gasteiger partial charge in [0.25, 0.3) is 0 Å². The third-order valence-electron chi connectivity index (χ3n) is 4.16. The van der Waals surface area contributed by atoms with Gasteiger partial charge in [-0.3, -0.25) is 0 Å². The minimum absolute atomic E-state index is 0.0565. The number of sulfonamides is 1. The zero-order valence-electron chi connectivity index (χ0n) is 13.6. The molecule has 0 aliphatic carbocycles. The molecule has 2 aromatic rings. The van der Waals surface area contributed by atoms with Gasteiger partial charge in [-0.25, -0.2) is 13.4 Å². The molecular weight excluding hydrogens is 352 g/mol.